The average molecular weight is 359 g/mol. The molecule has 2 aliphatic heterocycles. The van der Waals surface area contributed by atoms with E-state index in [2.05, 4.69) is 0 Å². The zero-order chi connectivity index (χ0) is 17.7. The van der Waals surface area contributed by atoms with Gasteiger partial charge in [-0.1, -0.05) is 37.3 Å². The molecule has 0 N–H and O–H groups in total. The van der Waals surface area contributed by atoms with Gasteiger partial charge < -0.3 is 9.80 Å². The highest BCUT2D eigenvalue weighted by Gasteiger charge is 2.46. The molecule has 0 unspecified atom stereocenters. The summed E-state index contributed by atoms with van der Waals surface area (Å²) in [5.41, 5.74) is 1.04. The molecule has 5 heteroatoms. The van der Waals surface area contributed by atoms with E-state index in [0.717, 1.165) is 50.2 Å². The van der Waals surface area contributed by atoms with E-state index in [0.29, 0.717) is 6.42 Å². The number of rotatable bonds is 4. The van der Waals surface area contributed by atoms with Gasteiger partial charge in [-0.3, -0.25) is 9.59 Å². The van der Waals surface area contributed by atoms with Gasteiger partial charge in [0.15, 0.2) is 0 Å². The number of benzene rings is 1. The van der Waals surface area contributed by atoms with Crippen LogP contribution in [0.5, 0.6) is 0 Å². The Morgan fingerprint density at radius 2 is 1.88 bits per heavy atom. The van der Waals surface area contributed by atoms with Crippen LogP contribution in [0, 0.1) is 0 Å². The van der Waals surface area contributed by atoms with Crippen LogP contribution < -0.4 is 0 Å². The molecule has 4 nitrogen and oxygen atoms in total. The standard InChI is InChI=1S/C20H26N2O2S/c1-2-6-18(23)21-13-11-20(12-14-21)22(15-16-25-20)19(24)10-9-17-7-4-3-5-8-17/h3-5,7-10H,2,6,11-16H2,1H3. The summed E-state index contributed by atoms with van der Waals surface area (Å²) in [5, 5.41) is 0. The van der Waals surface area contributed by atoms with Crippen LogP contribution in [-0.4, -0.2) is 51.9 Å². The number of thioether (sulfide) groups is 1. The van der Waals surface area contributed by atoms with E-state index < -0.39 is 0 Å². The summed E-state index contributed by atoms with van der Waals surface area (Å²) >= 11 is 1.88. The van der Waals surface area contributed by atoms with Crippen molar-refractivity contribution >= 4 is 29.7 Å². The molecular weight excluding hydrogens is 332 g/mol. The van der Waals surface area contributed by atoms with Gasteiger partial charge in [-0.2, -0.15) is 0 Å². The SMILES string of the molecule is CCCC(=O)N1CCC2(CC1)SCCN2C(=O)C=Cc1ccccc1. The molecule has 2 amide bonds. The minimum Gasteiger partial charge on any atom is -0.342 e. The van der Waals surface area contributed by atoms with E-state index in [4.69, 9.17) is 0 Å². The van der Waals surface area contributed by atoms with E-state index in [1.807, 2.05) is 64.9 Å². The van der Waals surface area contributed by atoms with E-state index in [-0.39, 0.29) is 16.7 Å². The lowest BCUT2D eigenvalue weighted by Crippen LogP contribution is -2.53. The molecule has 2 aliphatic rings. The van der Waals surface area contributed by atoms with Gasteiger partial charge >= 0.3 is 0 Å². The van der Waals surface area contributed by atoms with Crippen LogP contribution in [0.1, 0.15) is 38.2 Å². The molecule has 0 saturated carbocycles. The minimum atomic E-state index is -0.124. The average Bonchev–Trinajstić information content (AvgIpc) is 3.04. The van der Waals surface area contributed by atoms with Crippen molar-refractivity contribution in [3.8, 4) is 0 Å². The van der Waals surface area contributed by atoms with Gasteiger partial charge in [0.2, 0.25) is 11.8 Å². The van der Waals surface area contributed by atoms with Crippen LogP contribution in [0.25, 0.3) is 6.08 Å². The molecule has 134 valence electrons. The first-order valence-corrected chi connectivity index (χ1v) is 10.1. The number of nitrogens with zero attached hydrogens (tertiary/aromatic N) is 2. The molecule has 0 radical (unpaired) electrons. The molecule has 2 fully saturated rings. The molecular formula is C20H26N2O2S. The van der Waals surface area contributed by atoms with Crippen molar-refractivity contribution in [2.24, 2.45) is 0 Å². The van der Waals surface area contributed by atoms with Gasteiger partial charge in [-0.25, -0.2) is 0 Å². The summed E-state index contributed by atoms with van der Waals surface area (Å²) < 4.78 is 0. The predicted octanol–water partition coefficient (Wildman–Crippen LogP) is 3.39. The Balaban J connectivity index is 1.63. The zero-order valence-electron chi connectivity index (χ0n) is 14.8. The molecule has 1 spiro atoms. The Morgan fingerprint density at radius 1 is 1.16 bits per heavy atom. The fraction of sp³-hybridized carbons (Fsp3) is 0.500. The fourth-order valence-electron chi connectivity index (χ4n) is 3.63. The second kappa shape index (κ2) is 8.09. The van der Waals surface area contributed by atoms with Crippen LogP contribution in [0.2, 0.25) is 0 Å². The third kappa shape index (κ3) is 4.09. The highest BCUT2D eigenvalue weighted by molar-refractivity contribution is 8.00. The number of hydrogen-bond acceptors (Lipinski definition) is 3. The maximum atomic E-state index is 12.8. The second-order valence-electron chi connectivity index (χ2n) is 6.66. The summed E-state index contributed by atoms with van der Waals surface area (Å²) in [6.45, 7) is 4.36. The van der Waals surface area contributed by atoms with Gasteiger partial charge in [-0.05, 0) is 30.9 Å². The molecule has 0 bridgehead atoms. The van der Waals surface area contributed by atoms with E-state index in [1.165, 1.54) is 0 Å². The molecule has 2 saturated heterocycles. The summed E-state index contributed by atoms with van der Waals surface area (Å²) in [5.74, 6) is 1.32. The molecule has 0 aliphatic carbocycles. The quantitative estimate of drug-likeness (QED) is 0.775. The number of piperidine rings is 1. The summed E-state index contributed by atoms with van der Waals surface area (Å²) in [6, 6.07) is 9.91. The van der Waals surface area contributed by atoms with Crippen LogP contribution in [0.4, 0.5) is 0 Å². The summed E-state index contributed by atoms with van der Waals surface area (Å²) in [6.07, 6.45) is 6.85. The van der Waals surface area contributed by atoms with Crippen molar-refractivity contribution < 1.29 is 9.59 Å². The normalized spacial score (nSPS) is 19.7. The fourth-order valence-corrected chi connectivity index (χ4v) is 5.10. The predicted molar refractivity (Wildman–Crippen MR) is 103 cm³/mol. The molecule has 0 aromatic heterocycles. The first-order chi connectivity index (χ1) is 12.1. The van der Waals surface area contributed by atoms with Gasteiger partial charge in [0.05, 0.1) is 4.87 Å². The van der Waals surface area contributed by atoms with Crippen molar-refractivity contribution in [3.63, 3.8) is 0 Å². The minimum absolute atomic E-state index is 0.0854. The summed E-state index contributed by atoms with van der Waals surface area (Å²) in [4.78, 5) is 28.7. The molecule has 3 rings (SSSR count). The van der Waals surface area contributed by atoms with Gasteiger partial charge in [0.1, 0.15) is 0 Å². The Morgan fingerprint density at radius 3 is 2.56 bits per heavy atom. The van der Waals surface area contributed by atoms with Gasteiger partial charge in [0.25, 0.3) is 0 Å². The molecule has 25 heavy (non-hydrogen) atoms. The summed E-state index contributed by atoms with van der Waals surface area (Å²) in [7, 11) is 0. The van der Waals surface area contributed by atoms with Crippen molar-refractivity contribution in [2.75, 3.05) is 25.4 Å². The Labute approximate surface area is 154 Å². The number of likely N-dealkylation sites (tertiary alicyclic amines) is 1. The second-order valence-corrected chi connectivity index (χ2v) is 8.12. The first-order valence-electron chi connectivity index (χ1n) is 9.11. The third-order valence-corrected chi connectivity index (χ3v) is 6.58. The van der Waals surface area contributed by atoms with E-state index in [1.54, 1.807) is 6.08 Å². The van der Waals surface area contributed by atoms with Crippen molar-refractivity contribution in [1.82, 2.24) is 9.80 Å². The Bertz CT molecular complexity index is 636. The topological polar surface area (TPSA) is 40.6 Å². The van der Waals surface area contributed by atoms with Crippen molar-refractivity contribution in [1.29, 1.82) is 0 Å². The van der Waals surface area contributed by atoms with Gasteiger partial charge in [-0.15, -0.1) is 11.8 Å². The lowest BCUT2D eigenvalue weighted by atomic mass is 10.0. The maximum Gasteiger partial charge on any atom is 0.247 e. The van der Waals surface area contributed by atoms with Gasteiger partial charge in [0, 0.05) is 37.9 Å². The maximum absolute atomic E-state index is 12.8. The van der Waals surface area contributed by atoms with E-state index >= 15 is 0 Å². The largest absolute Gasteiger partial charge is 0.342 e. The highest BCUT2D eigenvalue weighted by Crippen LogP contribution is 2.44. The first kappa shape index (κ1) is 18.1. The molecule has 0 atom stereocenters. The number of amides is 2. The molecule has 1 aromatic rings. The lowest BCUT2D eigenvalue weighted by molar-refractivity contribution is -0.134. The molecule has 2 heterocycles. The number of carbonyl (C=O) groups excluding carboxylic acids is 2. The van der Waals surface area contributed by atoms with Crippen LogP contribution in [0.3, 0.4) is 0 Å². The highest BCUT2D eigenvalue weighted by atomic mass is 32.2. The number of carbonyl (C=O) groups is 2. The smallest absolute Gasteiger partial charge is 0.247 e. The number of hydrogen-bond donors (Lipinski definition) is 0. The van der Waals surface area contributed by atoms with Crippen molar-refractivity contribution in [3.05, 3.63) is 42.0 Å². The Kier molecular flexibility index (Phi) is 5.84. The Hall–Kier alpha value is -1.75. The zero-order valence-corrected chi connectivity index (χ0v) is 15.6. The molecule has 1 aromatic carbocycles. The lowest BCUT2D eigenvalue weighted by Gasteiger charge is -2.43. The van der Waals surface area contributed by atoms with Crippen LogP contribution in [0.15, 0.2) is 36.4 Å². The van der Waals surface area contributed by atoms with Crippen molar-refractivity contribution in [2.45, 2.75) is 37.5 Å². The monoisotopic (exact) mass is 358 g/mol. The van der Waals surface area contributed by atoms with Crippen LogP contribution in [-0.2, 0) is 9.59 Å². The van der Waals surface area contributed by atoms with E-state index in [9.17, 15) is 9.59 Å². The van der Waals surface area contributed by atoms with Crippen LogP contribution >= 0.6 is 11.8 Å². The third-order valence-electron chi connectivity index (χ3n) is 5.02.